The van der Waals surface area contributed by atoms with Gasteiger partial charge >= 0.3 is 6.09 Å². The van der Waals surface area contributed by atoms with Crippen molar-refractivity contribution < 1.29 is 14.6 Å². The highest BCUT2D eigenvalue weighted by molar-refractivity contribution is 6.07. The minimum absolute atomic E-state index is 0.537. The second-order valence-corrected chi connectivity index (χ2v) is 6.31. The number of fused-ring (bicyclic) bond motifs is 2. The van der Waals surface area contributed by atoms with E-state index in [2.05, 4.69) is 15.4 Å². The van der Waals surface area contributed by atoms with Crippen LogP contribution in [0.25, 0.3) is 21.8 Å². The summed E-state index contributed by atoms with van der Waals surface area (Å²) in [6, 6.07) is 22.6. The van der Waals surface area contributed by atoms with Crippen LogP contribution in [0.3, 0.4) is 0 Å². The van der Waals surface area contributed by atoms with Gasteiger partial charge in [-0.1, -0.05) is 48.5 Å². The zero-order valence-electron chi connectivity index (χ0n) is 15.2. The van der Waals surface area contributed by atoms with E-state index in [1.165, 1.54) is 7.11 Å². The molecule has 0 bridgehead atoms. The molecule has 0 aliphatic rings. The van der Waals surface area contributed by atoms with Gasteiger partial charge in [0.2, 0.25) is 0 Å². The van der Waals surface area contributed by atoms with Crippen molar-refractivity contribution in [3.8, 4) is 0 Å². The van der Waals surface area contributed by atoms with Crippen molar-refractivity contribution in [3.05, 3.63) is 78.4 Å². The molecule has 1 unspecified atom stereocenters. The van der Waals surface area contributed by atoms with E-state index in [9.17, 15) is 9.90 Å². The van der Waals surface area contributed by atoms with Gasteiger partial charge in [0.25, 0.3) is 0 Å². The number of methoxy groups -OCH3 is 1. The average Bonchev–Trinajstić information content (AvgIpc) is 2.73. The molecule has 28 heavy (non-hydrogen) atoms. The van der Waals surface area contributed by atoms with Crippen LogP contribution in [0.15, 0.2) is 72.8 Å². The van der Waals surface area contributed by atoms with Gasteiger partial charge in [-0.25, -0.2) is 9.78 Å². The number of aliphatic hydroxyl groups excluding tert-OH is 1. The van der Waals surface area contributed by atoms with Crippen LogP contribution in [0, 0.1) is 0 Å². The normalized spacial score (nSPS) is 11.9. The number of carbonyl (C=O) groups is 1. The van der Waals surface area contributed by atoms with Gasteiger partial charge in [-0.3, -0.25) is 5.32 Å². The summed E-state index contributed by atoms with van der Waals surface area (Å²) in [5.41, 5.74) is 3.64. The van der Waals surface area contributed by atoms with Crippen LogP contribution in [0.4, 0.5) is 16.2 Å². The van der Waals surface area contributed by atoms with Crippen LogP contribution < -0.4 is 10.6 Å². The Bertz CT molecular complexity index is 1110. The van der Waals surface area contributed by atoms with E-state index in [1.807, 2.05) is 48.5 Å². The molecule has 0 aliphatic heterocycles. The van der Waals surface area contributed by atoms with Crippen molar-refractivity contribution in [2.45, 2.75) is 6.23 Å². The molecular formula is C22H19N3O3. The summed E-state index contributed by atoms with van der Waals surface area (Å²) in [6.07, 6.45) is -1.54. The number of anilines is 2. The van der Waals surface area contributed by atoms with Crippen molar-refractivity contribution in [3.63, 3.8) is 0 Å². The molecule has 0 spiro atoms. The van der Waals surface area contributed by atoms with Crippen molar-refractivity contribution >= 4 is 39.3 Å². The number of nitrogens with zero attached hydrogens (tertiary/aromatic N) is 1. The van der Waals surface area contributed by atoms with Gasteiger partial charge in [0, 0.05) is 22.0 Å². The highest BCUT2D eigenvalue weighted by atomic mass is 16.5. The molecule has 6 nitrogen and oxygen atoms in total. The van der Waals surface area contributed by atoms with Crippen LogP contribution in [0.2, 0.25) is 0 Å². The van der Waals surface area contributed by atoms with E-state index in [1.54, 1.807) is 24.3 Å². The first-order chi connectivity index (χ1) is 13.7. The van der Waals surface area contributed by atoms with E-state index >= 15 is 0 Å². The Morgan fingerprint density at radius 3 is 2.25 bits per heavy atom. The first kappa shape index (κ1) is 17.8. The Balaban J connectivity index is 1.73. The van der Waals surface area contributed by atoms with Crippen molar-refractivity contribution in [1.82, 2.24) is 4.98 Å². The van der Waals surface area contributed by atoms with Gasteiger partial charge in [-0.15, -0.1) is 0 Å². The number of benzene rings is 3. The van der Waals surface area contributed by atoms with Crippen LogP contribution >= 0.6 is 0 Å². The summed E-state index contributed by atoms with van der Waals surface area (Å²) in [5.74, 6) is 0. The number of ether oxygens (including phenoxy) is 1. The molecule has 4 rings (SSSR count). The number of hydrogen-bond donors (Lipinski definition) is 3. The fourth-order valence-corrected chi connectivity index (χ4v) is 3.17. The first-order valence-corrected chi connectivity index (χ1v) is 8.83. The largest absolute Gasteiger partial charge is 0.453 e. The number of para-hydroxylation sites is 2. The maximum Gasteiger partial charge on any atom is 0.411 e. The third-order valence-corrected chi connectivity index (χ3v) is 4.50. The maximum absolute atomic E-state index is 11.4. The predicted octanol–water partition coefficient (Wildman–Crippen LogP) is 4.67. The molecule has 1 aromatic heterocycles. The lowest BCUT2D eigenvalue weighted by Gasteiger charge is -2.19. The van der Waals surface area contributed by atoms with E-state index in [4.69, 9.17) is 4.98 Å². The van der Waals surface area contributed by atoms with E-state index in [0.717, 1.165) is 27.5 Å². The van der Waals surface area contributed by atoms with Crippen molar-refractivity contribution in [1.29, 1.82) is 0 Å². The number of nitrogens with one attached hydrogen (secondary N) is 2. The molecule has 6 heteroatoms. The van der Waals surface area contributed by atoms with Crippen molar-refractivity contribution in [2.75, 3.05) is 17.7 Å². The Morgan fingerprint density at radius 2 is 1.61 bits per heavy atom. The monoisotopic (exact) mass is 373 g/mol. The molecule has 140 valence electrons. The summed E-state index contributed by atoms with van der Waals surface area (Å²) in [6.45, 7) is 0. The zero-order valence-corrected chi connectivity index (χ0v) is 15.2. The van der Waals surface area contributed by atoms with Gasteiger partial charge in [-0.2, -0.15) is 0 Å². The van der Waals surface area contributed by atoms with Crippen LogP contribution in [-0.4, -0.2) is 23.3 Å². The van der Waals surface area contributed by atoms with Crippen molar-refractivity contribution in [2.24, 2.45) is 0 Å². The zero-order chi connectivity index (χ0) is 19.5. The molecule has 3 N–H and O–H groups in total. The molecule has 1 atom stereocenters. The molecule has 0 fully saturated rings. The van der Waals surface area contributed by atoms with E-state index in [0.29, 0.717) is 11.3 Å². The molecule has 1 heterocycles. The molecular weight excluding hydrogens is 354 g/mol. The number of hydrogen-bond acceptors (Lipinski definition) is 5. The first-order valence-electron chi connectivity index (χ1n) is 8.83. The molecule has 3 aromatic carbocycles. The highest BCUT2D eigenvalue weighted by Crippen LogP contribution is 2.33. The SMILES string of the molecule is COC(=O)Nc1cccc(C(O)Nc2c3ccccc3nc3ccccc23)c1. The van der Waals surface area contributed by atoms with Gasteiger partial charge in [0.1, 0.15) is 0 Å². The molecule has 1 amide bonds. The Morgan fingerprint density at radius 1 is 0.964 bits per heavy atom. The lowest BCUT2D eigenvalue weighted by molar-refractivity contribution is 0.187. The van der Waals surface area contributed by atoms with Gasteiger partial charge in [0.05, 0.1) is 23.8 Å². The Hall–Kier alpha value is -3.64. The number of amides is 1. The summed E-state index contributed by atoms with van der Waals surface area (Å²) in [7, 11) is 1.30. The summed E-state index contributed by atoms with van der Waals surface area (Å²) >= 11 is 0. The molecule has 0 saturated heterocycles. The summed E-state index contributed by atoms with van der Waals surface area (Å²) in [5, 5.41) is 18.5. The summed E-state index contributed by atoms with van der Waals surface area (Å²) < 4.78 is 4.61. The van der Waals surface area contributed by atoms with Crippen LogP contribution in [-0.2, 0) is 4.74 Å². The second-order valence-electron chi connectivity index (χ2n) is 6.31. The van der Waals surface area contributed by atoms with Crippen LogP contribution in [0.1, 0.15) is 11.8 Å². The Kier molecular flexibility index (Phi) is 4.78. The number of pyridine rings is 1. The minimum atomic E-state index is -0.978. The maximum atomic E-state index is 11.4. The third kappa shape index (κ3) is 3.45. The third-order valence-electron chi connectivity index (χ3n) is 4.50. The molecule has 0 radical (unpaired) electrons. The Labute approximate surface area is 161 Å². The molecule has 4 aromatic rings. The summed E-state index contributed by atoms with van der Waals surface area (Å²) in [4.78, 5) is 16.1. The quantitative estimate of drug-likeness (QED) is 0.358. The number of rotatable bonds is 4. The minimum Gasteiger partial charge on any atom is -0.453 e. The van der Waals surface area contributed by atoms with Gasteiger partial charge in [0.15, 0.2) is 6.23 Å². The lowest BCUT2D eigenvalue weighted by Crippen LogP contribution is -2.13. The highest BCUT2D eigenvalue weighted by Gasteiger charge is 2.14. The predicted molar refractivity (Wildman–Crippen MR) is 110 cm³/mol. The smallest absolute Gasteiger partial charge is 0.411 e. The fourth-order valence-electron chi connectivity index (χ4n) is 3.17. The fraction of sp³-hybridized carbons (Fsp3) is 0.0909. The van der Waals surface area contributed by atoms with E-state index in [-0.39, 0.29) is 0 Å². The van der Waals surface area contributed by atoms with Crippen LogP contribution in [0.5, 0.6) is 0 Å². The standard InChI is InChI=1S/C22H19N3O3/c1-28-22(27)23-15-8-6-7-14(13-15)21(26)25-20-16-9-2-4-11-18(16)24-19-12-5-3-10-17(19)20/h2-13,21,26H,1H3,(H,23,27)(H,24,25). The van der Waals surface area contributed by atoms with E-state index < -0.39 is 12.3 Å². The number of carbonyl (C=O) groups excluding carboxylic acids is 1. The van der Waals surface area contributed by atoms with Gasteiger partial charge < -0.3 is 15.2 Å². The van der Waals surface area contributed by atoms with Gasteiger partial charge in [-0.05, 0) is 24.3 Å². The molecule has 0 aliphatic carbocycles. The second kappa shape index (κ2) is 7.54. The number of aromatic nitrogens is 1. The lowest BCUT2D eigenvalue weighted by atomic mass is 10.1. The topological polar surface area (TPSA) is 83.5 Å². The number of aliphatic hydroxyl groups is 1. The average molecular weight is 373 g/mol. The molecule has 0 saturated carbocycles.